The molecule has 1 aromatic rings. The van der Waals surface area contributed by atoms with E-state index >= 15 is 0 Å². The lowest BCUT2D eigenvalue weighted by molar-refractivity contribution is -0.139. The molecule has 0 unspecified atom stereocenters. The van der Waals surface area contributed by atoms with Gasteiger partial charge < -0.3 is 4.74 Å². The Kier molecular flexibility index (Phi) is 4.78. The van der Waals surface area contributed by atoms with Crippen molar-refractivity contribution in [3.05, 3.63) is 40.4 Å². The fourth-order valence-electron chi connectivity index (χ4n) is 1.20. The quantitative estimate of drug-likeness (QED) is 0.783. The molecule has 0 amide bonds. The highest BCUT2D eigenvalue weighted by Crippen LogP contribution is 2.32. The number of benzene rings is 1. The molecule has 0 fully saturated rings. The third-order valence-corrected chi connectivity index (χ3v) is 2.46. The van der Waals surface area contributed by atoms with Crippen molar-refractivity contribution < 1.29 is 22.7 Å². The van der Waals surface area contributed by atoms with Gasteiger partial charge in [-0.25, -0.2) is 0 Å². The van der Waals surface area contributed by atoms with Gasteiger partial charge in [0.25, 0.3) is 0 Å². The largest absolute Gasteiger partial charge is 0.469 e. The van der Waals surface area contributed by atoms with Crippen LogP contribution >= 0.6 is 11.6 Å². The Balaban J connectivity index is 2.84. The van der Waals surface area contributed by atoms with E-state index in [0.29, 0.717) is 5.56 Å². The molecule has 0 aromatic heterocycles. The predicted octanol–water partition coefficient (Wildman–Crippen LogP) is 3.94. The van der Waals surface area contributed by atoms with E-state index in [2.05, 4.69) is 4.74 Å². The maximum atomic E-state index is 12.4. The Labute approximate surface area is 107 Å². The lowest BCUT2D eigenvalue weighted by Crippen LogP contribution is -2.04. The first-order chi connectivity index (χ1) is 8.34. The molecule has 0 N–H and O–H groups in total. The predicted molar refractivity (Wildman–Crippen MR) is 62.1 cm³/mol. The van der Waals surface area contributed by atoms with Crippen LogP contribution in [0.4, 0.5) is 13.2 Å². The van der Waals surface area contributed by atoms with Crippen LogP contribution in [0.15, 0.2) is 24.3 Å². The highest BCUT2D eigenvalue weighted by Gasteiger charge is 2.30. The fourth-order valence-corrected chi connectivity index (χ4v) is 1.45. The zero-order valence-electron chi connectivity index (χ0n) is 9.42. The minimum atomic E-state index is -4.42. The van der Waals surface area contributed by atoms with Crippen molar-refractivity contribution in [1.82, 2.24) is 0 Å². The second-order valence-corrected chi connectivity index (χ2v) is 3.82. The van der Waals surface area contributed by atoms with Gasteiger partial charge in [-0.1, -0.05) is 29.8 Å². The summed E-state index contributed by atoms with van der Waals surface area (Å²) >= 11 is 5.72. The molecular weight excluding hydrogens is 269 g/mol. The summed E-state index contributed by atoms with van der Waals surface area (Å²) < 4.78 is 41.5. The Morgan fingerprint density at radius 1 is 1.44 bits per heavy atom. The number of esters is 1. The van der Waals surface area contributed by atoms with Crippen molar-refractivity contribution in [3.63, 3.8) is 0 Å². The number of alkyl halides is 3. The molecule has 0 aliphatic rings. The van der Waals surface area contributed by atoms with Crippen molar-refractivity contribution in [2.75, 3.05) is 7.11 Å². The van der Waals surface area contributed by atoms with Crippen LogP contribution in [0.5, 0.6) is 0 Å². The Bertz CT molecular complexity index is 467. The molecule has 1 aromatic carbocycles. The summed E-state index contributed by atoms with van der Waals surface area (Å²) in [5.41, 5.74) is -0.397. The highest BCUT2D eigenvalue weighted by atomic mass is 35.5. The van der Waals surface area contributed by atoms with E-state index in [1.165, 1.54) is 25.3 Å². The van der Waals surface area contributed by atoms with Gasteiger partial charge in [0.1, 0.15) is 0 Å². The van der Waals surface area contributed by atoms with Crippen LogP contribution < -0.4 is 0 Å². The summed E-state index contributed by atoms with van der Waals surface area (Å²) in [5, 5.41) is -0.0223. The molecule has 0 heterocycles. The maximum Gasteiger partial charge on any atom is 0.416 e. The first-order valence-corrected chi connectivity index (χ1v) is 5.32. The van der Waals surface area contributed by atoms with Crippen LogP contribution in [0.2, 0.25) is 5.02 Å². The van der Waals surface area contributed by atoms with Crippen molar-refractivity contribution in [2.24, 2.45) is 0 Å². The molecule has 98 valence electrons. The molecule has 2 nitrogen and oxygen atoms in total. The number of hydrogen-bond acceptors (Lipinski definition) is 2. The summed E-state index contributed by atoms with van der Waals surface area (Å²) in [6, 6.07) is 3.03. The van der Waals surface area contributed by atoms with E-state index in [9.17, 15) is 18.0 Å². The number of hydrogen-bond donors (Lipinski definition) is 0. The van der Waals surface area contributed by atoms with Crippen LogP contribution in [0.1, 0.15) is 17.5 Å². The van der Waals surface area contributed by atoms with Crippen LogP contribution in [0.25, 0.3) is 6.08 Å². The van der Waals surface area contributed by atoms with E-state index in [4.69, 9.17) is 11.6 Å². The molecule has 0 atom stereocenters. The van der Waals surface area contributed by atoms with Crippen molar-refractivity contribution in [1.29, 1.82) is 0 Å². The number of methoxy groups -OCH3 is 1. The van der Waals surface area contributed by atoms with Gasteiger partial charge in [-0.05, 0) is 17.7 Å². The first-order valence-electron chi connectivity index (χ1n) is 4.94. The topological polar surface area (TPSA) is 26.3 Å². The van der Waals surface area contributed by atoms with E-state index in [1.54, 1.807) is 0 Å². The lowest BCUT2D eigenvalue weighted by atomic mass is 10.1. The first kappa shape index (κ1) is 14.6. The van der Waals surface area contributed by atoms with Crippen molar-refractivity contribution in [2.45, 2.75) is 12.6 Å². The summed E-state index contributed by atoms with van der Waals surface area (Å²) in [5.74, 6) is -0.436. The zero-order chi connectivity index (χ0) is 13.8. The minimum Gasteiger partial charge on any atom is -0.469 e. The second kappa shape index (κ2) is 5.91. The van der Waals surface area contributed by atoms with Gasteiger partial charge in [-0.2, -0.15) is 13.2 Å². The number of carbonyl (C=O) groups is 1. The van der Waals surface area contributed by atoms with Crippen LogP contribution in [-0.4, -0.2) is 13.1 Å². The summed E-state index contributed by atoms with van der Waals surface area (Å²) in [4.78, 5) is 10.8. The van der Waals surface area contributed by atoms with Gasteiger partial charge in [0.2, 0.25) is 0 Å². The molecule has 0 aliphatic carbocycles. The van der Waals surface area contributed by atoms with Crippen LogP contribution in [-0.2, 0) is 15.7 Å². The van der Waals surface area contributed by atoms with Gasteiger partial charge in [0.05, 0.1) is 19.1 Å². The number of halogens is 4. The molecular formula is C12H10ClF3O2. The molecule has 0 radical (unpaired) electrons. The van der Waals surface area contributed by atoms with Gasteiger partial charge in [0, 0.05) is 5.02 Å². The molecule has 1 rings (SSSR count). The summed E-state index contributed by atoms with van der Waals surface area (Å²) in [6.07, 6.45) is -1.44. The minimum absolute atomic E-state index is 0.0223. The molecule has 0 saturated heterocycles. The standard InChI is InChI=1S/C12H10ClF3O2/c1-18-11(17)4-2-3-8-5-6-9(7-10(8)13)12(14,15)16/h2-3,5-7H,4H2,1H3. The van der Waals surface area contributed by atoms with Gasteiger partial charge in [-0.3, -0.25) is 4.79 Å². The molecule has 0 bridgehead atoms. The van der Waals surface area contributed by atoms with Crippen molar-refractivity contribution >= 4 is 23.6 Å². The van der Waals surface area contributed by atoms with Crippen molar-refractivity contribution in [3.8, 4) is 0 Å². The lowest BCUT2D eigenvalue weighted by Gasteiger charge is -2.07. The summed E-state index contributed by atoms with van der Waals surface area (Å²) in [7, 11) is 1.25. The van der Waals surface area contributed by atoms with Crippen LogP contribution in [0.3, 0.4) is 0 Å². The normalized spacial score (nSPS) is 11.8. The smallest absolute Gasteiger partial charge is 0.416 e. The fraction of sp³-hybridized carbons (Fsp3) is 0.250. The van der Waals surface area contributed by atoms with E-state index in [1.807, 2.05) is 0 Å². The SMILES string of the molecule is COC(=O)CC=Cc1ccc(C(F)(F)F)cc1Cl. The zero-order valence-corrected chi connectivity index (χ0v) is 10.2. The molecule has 18 heavy (non-hydrogen) atoms. The molecule has 6 heteroatoms. The summed E-state index contributed by atoms with van der Waals surface area (Å²) in [6.45, 7) is 0. The maximum absolute atomic E-state index is 12.4. The molecule has 0 aliphatic heterocycles. The van der Waals surface area contributed by atoms with Gasteiger partial charge >= 0.3 is 12.1 Å². The Morgan fingerprint density at radius 2 is 2.11 bits per heavy atom. The number of carbonyl (C=O) groups excluding carboxylic acids is 1. The van der Waals surface area contributed by atoms with Gasteiger partial charge in [0.15, 0.2) is 0 Å². The second-order valence-electron chi connectivity index (χ2n) is 3.42. The Morgan fingerprint density at radius 3 is 2.61 bits per heavy atom. The highest BCUT2D eigenvalue weighted by molar-refractivity contribution is 6.32. The number of rotatable bonds is 3. The van der Waals surface area contributed by atoms with E-state index in [0.717, 1.165) is 12.1 Å². The average molecular weight is 279 g/mol. The Hall–Kier alpha value is -1.49. The van der Waals surface area contributed by atoms with E-state index < -0.39 is 17.7 Å². The average Bonchev–Trinajstić information content (AvgIpc) is 2.29. The van der Waals surface area contributed by atoms with Gasteiger partial charge in [-0.15, -0.1) is 0 Å². The number of ether oxygens (including phenoxy) is 1. The molecule has 0 spiro atoms. The third kappa shape index (κ3) is 4.07. The van der Waals surface area contributed by atoms with Crippen LogP contribution in [0, 0.1) is 0 Å². The molecule has 0 saturated carbocycles. The monoisotopic (exact) mass is 278 g/mol. The van der Waals surface area contributed by atoms with E-state index in [-0.39, 0.29) is 11.4 Å². The third-order valence-electron chi connectivity index (χ3n) is 2.14.